The maximum absolute atomic E-state index is 5.53. The van der Waals surface area contributed by atoms with E-state index in [2.05, 4.69) is 20.6 Å². The van der Waals surface area contributed by atoms with Gasteiger partial charge in [0.15, 0.2) is 0 Å². The molecule has 13 heavy (non-hydrogen) atoms. The molecule has 1 fully saturated rings. The Morgan fingerprint density at radius 3 is 3.15 bits per heavy atom. The van der Waals surface area contributed by atoms with Gasteiger partial charge in [0.2, 0.25) is 0 Å². The van der Waals surface area contributed by atoms with Crippen molar-refractivity contribution in [2.24, 2.45) is 0 Å². The average molecular weight is 179 g/mol. The molecule has 0 aliphatic carbocycles. The molecule has 4 N–H and O–H groups in total. The number of hydrogen-bond donors (Lipinski definition) is 3. The lowest BCUT2D eigenvalue weighted by Gasteiger charge is -2.11. The lowest BCUT2D eigenvalue weighted by atomic mass is 10.2. The van der Waals surface area contributed by atoms with Gasteiger partial charge in [-0.05, 0) is 13.0 Å². The van der Waals surface area contributed by atoms with Gasteiger partial charge in [0.1, 0.15) is 18.0 Å². The van der Waals surface area contributed by atoms with E-state index in [0.717, 1.165) is 25.3 Å². The molecule has 0 bridgehead atoms. The predicted octanol–water partition coefficient (Wildman–Crippen LogP) is -0.167. The second-order valence-corrected chi connectivity index (χ2v) is 3.16. The molecule has 1 aromatic heterocycles. The topological polar surface area (TPSA) is 75.9 Å². The highest BCUT2D eigenvalue weighted by Crippen LogP contribution is 2.09. The Labute approximate surface area is 76.8 Å². The number of rotatable bonds is 2. The molecule has 70 valence electrons. The van der Waals surface area contributed by atoms with Gasteiger partial charge in [0, 0.05) is 18.7 Å². The van der Waals surface area contributed by atoms with E-state index in [1.165, 1.54) is 6.33 Å². The Hall–Kier alpha value is -1.36. The summed E-state index contributed by atoms with van der Waals surface area (Å²) in [6.07, 6.45) is 2.60. The van der Waals surface area contributed by atoms with E-state index in [4.69, 9.17) is 5.73 Å². The van der Waals surface area contributed by atoms with Gasteiger partial charge in [-0.25, -0.2) is 9.97 Å². The van der Waals surface area contributed by atoms with Crippen molar-refractivity contribution in [2.75, 3.05) is 24.1 Å². The van der Waals surface area contributed by atoms with Crippen LogP contribution < -0.4 is 16.4 Å². The Morgan fingerprint density at radius 1 is 1.54 bits per heavy atom. The van der Waals surface area contributed by atoms with Crippen molar-refractivity contribution < 1.29 is 0 Å². The first-order chi connectivity index (χ1) is 6.34. The molecule has 1 saturated heterocycles. The van der Waals surface area contributed by atoms with Crippen molar-refractivity contribution in [3.05, 3.63) is 12.4 Å². The van der Waals surface area contributed by atoms with Crippen LogP contribution in [0.3, 0.4) is 0 Å². The van der Waals surface area contributed by atoms with E-state index in [-0.39, 0.29) is 0 Å². The van der Waals surface area contributed by atoms with Gasteiger partial charge in [0.25, 0.3) is 0 Å². The number of nitrogen functional groups attached to an aromatic ring is 1. The minimum atomic E-state index is 0.467. The average Bonchev–Trinajstić information content (AvgIpc) is 2.57. The molecule has 1 aliphatic heterocycles. The maximum atomic E-state index is 5.53. The molecular weight excluding hydrogens is 166 g/mol. The van der Waals surface area contributed by atoms with Crippen molar-refractivity contribution >= 4 is 11.6 Å². The summed E-state index contributed by atoms with van der Waals surface area (Å²) in [5.74, 6) is 1.31. The highest BCUT2D eigenvalue weighted by atomic mass is 15.1. The molecule has 1 atom stereocenters. The van der Waals surface area contributed by atoms with Gasteiger partial charge in [-0.3, -0.25) is 0 Å². The molecule has 0 radical (unpaired) electrons. The van der Waals surface area contributed by atoms with Gasteiger partial charge in [-0.15, -0.1) is 0 Å². The second-order valence-electron chi connectivity index (χ2n) is 3.16. The van der Waals surface area contributed by atoms with Gasteiger partial charge < -0.3 is 16.4 Å². The van der Waals surface area contributed by atoms with E-state index in [9.17, 15) is 0 Å². The van der Waals surface area contributed by atoms with Gasteiger partial charge in [-0.2, -0.15) is 0 Å². The van der Waals surface area contributed by atoms with E-state index < -0.39 is 0 Å². The molecule has 1 aromatic rings. The smallest absolute Gasteiger partial charge is 0.131 e. The highest BCUT2D eigenvalue weighted by Gasteiger charge is 2.13. The first kappa shape index (κ1) is 8.25. The summed E-state index contributed by atoms with van der Waals surface area (Å²) in [5.41, 5.74) is 5.53. The standard InChI is InChI=1S/C8H13N5/c9-7-3-8(12-5-11-7)13-6-1-2-10-4-6/h3,5-6,10H,1-2,4H2,(H3,9,11,12,13). The summed E-state index contributed by atoms with van der Waals surface area (Å²) in [4.78, 5) is 7.90. The van der Waals surface area contributed by atoms with Crippen molar-refractivity contribution in [1.29, 1.82) is 0 Å². The number of hydrogen-bond acceptors (Lipinski definition) is 5. The normalized spacial score (nSPS) is 21.7. The second kappa shape index (κ2) is 3.57. The van der Waals surface area contributed by atoms with Gasteiger partial charge in [0.05, 0.1) is 0 Å². The fourth-order valence-corrected chi connectivity index (χ4v) is 1.44. The van der Waals surface area contributed by atoms with E-state index >= 15 is 0 Å². The maximum Gasteiger partial charge on any atom is 0.131 e. The van der Waals surface area contributed by atoms with Crippen LogP contribution in [0.25, 0.3) is 0 Å². The molecule has 0 spiro atoms. The van der Waals surface area contributed by atoms with Crippen LogP contribution in [-0.4, -0.2) is 29.1 Å². The van der Waals surface area contributed by atoms with Crippen molar-refractivity contribution in [3.8, 4) is 0 Å². The fraction of sp³-hybridized carbons (Fsp3) is 0.500. The monoisotopic (exact) mass is 179 g/mol. The molecule has 0 aromatic carbocycles. The van der Waals surface area contributed by atoms with Crippen LogP contribution >= 0.6 is 0 Å². The number of nitrogens with zero attached hydrogens (tertiary/aromatic N) is 2. The largest absolute Gasteiger partial charge is 0.384 e. The van der Waals surface area contributed by atoms with Crippen molar-refractivity contribution in [2.45, 2.75) is 12.5 Å². The minimum Gasteiger partial charge on any atom is -0.384 e. The third kappa shape index (κ3) is 2.06. The zero-order valence-electron chi connectivity index (χ0n) is 7.33. The third-order valence-electron chi connectivity index (χ3n) is 2.10. The summed E-state index contributed by atoms with van der Waals surface area (Å²) in [6.45, 7) is 2.06. The van der Waals surface area contributed by atoms with E-state index in [0.29, 0.717) is 11.9 Å². The Balaban J connectivity index is 2.00. The predicted molar refractivity (Wildman–Crippen MR) is 51.3 cm³/mol. The highest BCUT2D eigenvalue weighted by molar-refractivity contribution is 5.44. The van der Waals surface area contributed by atoms with E-state index in [1.54, 1.807) is 6.07 Å². The zero-order chi connectivity index (χ0) is 9.10. The Bertz CT molecular complexity index is 282. The van der Waals surface area contributed by atoms with Crippen LogP contribution in [0.1, 0.15) is 6.42 Å². The summed E-state index contributed by atoms with van der Waals surface area (Å²) in [6, 6.07) is 2.22. The van der Waals surface area contributed by atoms with Crippen LogP contribution in [-0.2, 0) is 0 Å². The number of nitrogens with two attached hydrogens (primary N) is 1. The molecule has 0 saturated carbocycles. The lowest BCUT2D eigenvalue weighted by Crippen LogP contribution is -2.22. The van der Waals surface area contributed by atoms with Crippen LogP contribution in [0.5, 0.6) is 0 Å². The number of anilines is 2. The summed E-state index contributed by atoms with van der Waals surface area (Å²) < 4.78 is 0. The quantitative estimate of drug-likeness (QED) is 0.588. The first-order valence-electron chi connectivity index (χ1n) is 4.39. The third-order valence-corrected chi connectivity index (χ3v) is 2.10. The molecule has 1 unspecified atom stereocenters. The Morgan fingerprint density at radius 2 is 2.46 bits per heavy atom. The Kier molecular flexibility index (Phi) is 2.27. The minimum absolute atomic E-state index is 0.467. The van der Waals surface area contributed by atoms with Crippen LogP contribution in [0.2, 0.25) is 0 Å². The molecule has 1 aliphatic rings. The van der Waals surface area contributed by atoms with Gasteiger partial charge >= 0.3 is 0 Å². The molecule has 2 heterocycles. The van der Waals surface area contributed by atoms with Crippen LogP contribution in [0.15, 0.2) is 12.4 Å². The van der Waals surface area contributed by atoms with Crippen LogP contribution in [0.4, 0.5) is 11.6 Å². The molecule has 5 heteroatoms. The first-order valence-corrected chi connectivity index (χ1v) is 4.39. The molecular formula is C8H13N5. The molecule has 0 amide bonds. The molecule has 2 rings (SSSR count). The number of nitrogens with one attached hydrogen (secondary N) is 2. The molecule has 5 nitrogen and oxygen atoms in total. The summed E-state index contributed by atoms with van der Waals surface area (Å²) >= 11 is 0. The summed E-state index contributed by atoms with van der Waals surface area (Å²) in [7, 11) is 0. The summed E-state index contributed by atoms with van der Waals surface area (Å²) in [5, 5.41) is 6.56. The van der Waals surface area contributed by atoms with Gasteiger partial charge in [-0.1, -0.05) is 0 Å². The van der Waals surface area contributed by atoms with Crippen molar-refractivity contribution in [3.63, 3.8) is 0 Å². The van der Waals surface area contributed by atoms with Crippen LogP contribution in [0, 0.1) is 0 Å². The SMILES string of the molecule is Nc1cc(NC2CCNC2)ncn1. The van der Waals surface area contributed by atoms with E-state index in [1.807, 2.05) is 0 Å². The van der Waals surface area contributed by atoms with Crippen molar-refractivity contribution in [1.82, 2.24) is 15.3 Å². The lowest BCUT2D eigenvalue weighted by molar-refractivity contribution is 0.787. The zero-order valence-corrected chi connectivity index (χ0v) is 7.33. The fourth-order valence-electron chi connectivity index (χ4n) is 1.44. The number of aromatic nitrogens is 2.